The lowest BCUT2D eigenvalue weighted by molar-refractivity contribution is 0.0526. The quantitative estimate of drug-likeness (QED) is 0.703. The minimum Gasteiger partial charge on any atom is -0.462 e. The second-order valence-electron chi connectivity index (χ2n) is 3.12. The number of esters is 1. The largest absolute Gasteiger partial charge is 0.462 e. The van der Waals surface area contributed by atoms with Crippen LogP contribution in [-0.4, -0.2) is 12.6 Å². The van der Waals surface area contributed by atoms with Crippen LogP contribution in [-0.2, 0) is 4.74 Å². The van der Waals surface area contributed by atoms with Crippen molar-refractivity contribution in [2.45, 2.75) is 20.3 Å². The second-order valence-corrected chi connectivity index (χ2v) is 3.12. The van der Waals surface area contributed by atoms with E-state index in [1.165, 1.54) is 0 Å². The predicted octanol–water partition coefficient (Wildman–Crippen LogP) is 3.29. The monoisotopic (exact) mass is 204 g/mol. The molecular formula is C13H16O2. The number of carbonyl (C=O) groups excluding carboxylic acids is 1. The highest BCUT2D eigenvalue weighted by Crippen LogP contribution is 2.12. The molecule has 80 valence electrons. The molecule has 0 radical (unpaired) electrons. The first-order valence-corrected chi connectivity index (χ1v) is 5.22. The van der Waals surface area contributed by atoms with Gasteiger partial charge in [0, 0.05) is 0 Å². The maximum atomic E-state index is 11.6. The highest BCUT2D eigenvalue weighted by molar-refractivity contribution is 5.93. The zero-order valence-corrected chi connectivity index (χ0v) is 9.19. The van der Waals surface area contributed by atoms with Crippen LogP contribution in [0.15, 0.2) is 30.3 Å². The van der Waals surface area contributed by atoms with Gasteiger partial charge in [0.2, 0.25) is 0 Å². The molecule has 0 saturated heterocycles. The summed E-state index contributed by atoms with van der Waals surface area (Å²) >= 11 is 0. The Hall–Kier alpha value is -1.57. The fourth-order valence-corrected chi connectivity index (χ4v) is 1.28. The molecule has 0 aliphatic heterocycles. The summed E-state index contributed by atoms with van der Waals surface area (Å²) < 4.78 is 4.98. The molecule has 0 atom stereocenters. The molecule has 15 heavy (non-hydrogen) atoms. The van der Waals surface area contributed by atoms with E-state index in [1.54, 1.807) is 6.07 Å². The third-order valence-electron chi connectivity index (χ3n) is 1.99. The van der Waals surface area contributed by atoms with Crippen molar-refractivity contribution in [3.8, 4) is 0 Å². The Balaban J connectivity index is 2.95. The molecule has 0 unspecified atom stereocenters. The highest BCUT2D eigenvalue weighted by Gasteiger charge is 2.08. The van der Waals surface area contributed by atoms with E-state index in [4.69, 9.17) is 4.74 Å². The summed E-state index contributed by atoms with van der Waals surface area (Å²) in [6, 6.07) is 7.46. The zero-order valence-electron chi connectivity index (χ0n) is 9.19. The number of rotatable bonds is 4. The SMILES string of the molecule is CCC=Cc1ccccc1C(=O)OCC. The van der Waals surface area contributed by atoms with Gasteiger partial charge in [0.1, 0.15) is 0 Å². The van der Waals surface area contributed by atoms with E-state index < -0.39 is 0 Å². The van der Waals surface area contributed by atoms with Gasteiger partial charge in [-0.2, -0.15) is 0 Å². The predicted molar refractivity (Wildman–Crippen MR) is 61.7 cm³/mol. The lowest BCUT2D eigenvalue weighted by Crippen LogP contribution is -2.06. The Bertz CT molecular complexity index is 353. The molecule has 0 saturated carbocycles. The third kappa shape index (κ3) is 3.24. The minimum atomic E-state index is -0.256. The van der Waals surface area contributed by atoms with Crippen molar-refractivity contribution in [2.24, 2.45) is 0 Å². The van der Waals surface area contributed by atoms with Crippen LogP contribution in [0.4, 0.5) is 0 Å². The van der Waals surface area contributed by atoms with Crippen LogP contribution in [0.5, 0.6) is 0 Å². The van der Waals surface area contributed by atoms with Crippen LogP contribution in [0.25, 0.3) is 6.08 Å². The van der Waals surface area contributed by atoms with Crippen LogP contribution in [0.3, 0.4) is 0 Å². The number of hydrogen-bond donors (Lipinski definition) is 0. The Morgan fingerprint density at radius 3 is 2.73 bits per heavy atom. The molecule has 2 nitrogen and oxygen atoms in total. The van der Waals surface area contributed by atoms with E-state index in [2.05, 4.69) is 6.92 Å². The molecule has 0 bridgehead atoms. The Morgan fingerprint density at radius 2 is 2.07 bits per heavy atom. The lowest BCUT2D eigenvalue weighted by atomic mass is 10.1. The fraction of sp³-hybridized carbons (Fsp3) is 0.308. The number of carbonyl (C=O) groups is 1. The number of benzene rings is 1. The molecule has 0 fully saturated rings. The molecule has 0 aliphatic rings. The van der Waals surface area contributed by atoms with Crippen molar-refractivity contribution in [2.75, 3.05) is 6.61 Å². The highest BCUT2D eigenvalue weighted by atomic mass is 16.5. The van der Waals surface area contributed by atoms with Gasteiger partial charge >= 0.3 is 5.97 Å². The normalized spacial score (nSPS) is 10.5. The van der Waals surface area contributed by atoms with Crippen molar-refractivity contribution in [3.05, 3.63) is 41.5 Å². The van der Waals surface area contributed by atoms with Crippen molar-refractivity contribution < 1.29 is 9.53 Å². The standard InChI is InChI=1S/C13H16O2/c1-3-5-8-11-9-6-7-10-12(11)13(14)15-4-2/h5-10H,3-4H2,1-2H3. The van der Waals surface area contributed by atoms with Crippen molar-refractivity contribution in [1.82, 2.24) is 0 Å². The van der Waals surface area contributed by atoms with Crippen LogP contribution < -0.4 is 0 Å². The van der Waals surface area contributed by atoms with Gasteiger partial charge in [0.05, 0.1) is 12.2 Å². The van der Waals surface area contributed by atoms with Gasteiger partial charge in [-0.1, -0.05) is 37.3 Å². The Kier molecular flexibility index (Phi) is 4.61. The van der Waals surface area contributed by atoms with Crippen LogP contribution in [0.1, 0.15) is 36.2 Å². The molecule has 0 aromatic heterocycles. The van der Waals surface area contributed by atoms with Gasteiger partial charge < -0.3 is 4.74 Å². The van der Waals surface area contributed by atoms with Crippen molar-refractivity contribution in [3.63, 3.8) is 0 Å². The molecule has 1 aromatic carbocycles. The first-order valence-electron chi connectivity index (χ1n) is 5.22. The average Bonchev–Trinajstić information content (AvgIpc) is 2.27. The number of ether oxygens (including phenoxy) is 1. The summed E-state index contributed by atoms with van der Waals surface area (Å²) in [5.74, 6) is -0.256. The van der Waals surface area contributed by atoms with E-state index in [0.717, 1.165) is 12.0 Å². The average molecular weight is 204 g/mol. The lowest BCUT2D eigenvalue weighted by Gasteiger charge is -2.04. The molecule has 0 heterocycles. The summed E-state index contributed by atoms with van der Waals surface area (Å²) in [4.78, 5) is 11.6. The summed E-state index contributed by atoms with van der Waals surface area (Å²) in [7, 11) is 0. The molecule has 0 aliphatic carbocycles. The van der Waals surface area contributed by atoms with Crippen LogP contribution in [0, 0.1) is 0 Å². The van der Waals surface area contributed by atoms with Crippen molar-refractivity contribution >= 4 is 12.0 Å². The van der Waals surface area contributed by atoms with Gasteiger partial charge in [-0.3, -0.25) is 0 Å². The smallest absolute Gasteiger partial charge is 0.338 e. The van der Waals surface area contributed by atoms with E-state index >= 15 is 0 Å². The molecule has 0 amide bonds. The third-order valence-corrected chi connectivity index (χ3v) is 1.99. The van der Waals surface area contributed by atoms with E-state index in [-0.39, 0.29) is 5.97 Å². The Labute approximate surface area is 90.6 Å². The van der Waals surface area contributed by atoms with E-state index in [0.29, 0.717) is 12.2 Å². The van der Waals surface area contributed by atoms with Gasteiger partial charge in [0.25, 0.3) is 0 Å². The number of hydrogen-bond acceptors (Lipinski definition) is 2. The molecule has 0 spiro atoms. The van der Waals surface area contributed by atoms with Crippen LogP contribution >= 0.6 is 0 Å². The van der Waals surface area contributed by atoms with Gasteiger partial charge in [0.15, 0.2) is 0 Å². The van der Waals surface area contributed by atoms with E-state index in [9.17, 15) is 4.79 Å². The Morgan fingerprint density at radius 1 is 1.33 bits per heavy atom. The van der Waals surface area contributed by atoms with Gasteiger partial charge in [-0.05, 0) is 25.0 Å². The summed E-state index contributed by atoms with van der Waals surface area (Å²) in [5, 5.41) is 0. The van der Waals surface area contributed by atoms with Gasteiger partial charge in [-0.15, -0.1) is 0 Å². The molecule has 2 heteroatoms. The van der Waals surface area contributed by atoms with E-state index in [1.807, 2.05) is 37.3 Å². The maximum Gasteiger partial charge on any atom is 0.338 e. The molecule has 1 rings (SSSR count). The first-order chi connectivity index (χ1) is 7.29. The summed E-state index contributed by atoms with van der Waals surface area (Å²) in [5.41, 5.74) is 1.54. The van der Waals surface area contributed by atoms with Crippen LogP contribution in [0.2, 0.25) is 0 Å². The maximum absolute atomic E-state index is 11.6. The summed E-state index contributed by atoms with van der Waals surface area (Å²) in [6.07, 6.45) is 4.93. The first kappa shape index (κ1) is 11.5. The fourth-order valence-electron chi connectivity index (χ4n) is 1.28. The molecular weight excluding hydrogens is 188 g/mol. The topological polar surface area (TPSA) is 26.3 Å². The molecule has 0 N–H and O–H groups in total. The van der Waals surface area contributed by atoms with Gasteiger partial charge in [-0.25, -0.2) is 4.79 Å². The zero-order chi connectivity index (χ0) is 11.1. The number of allylic oxidation sites excluding steroid dienone is 1. The van der Waals surface area contributed by atoms with Crippen molar-refractivity contribution in [1.29, 1.82) is 0 Å². The summed E-state index contributed by atoms with van der Waals surface area (Å²) in [6.45, 7) is 4.27. The second kappa shape index (κ2) is 6.02. The minimum absolute atomic E-state index is 0.256. The molecule has 1 aromatic rings.